The molecule has 1 unspecified atom stereocenters. The van der Waals surface area contributed by atoms with Gasteiger partial charge >= 0.3 is 0 Å². The maximum absolute atomic E-state index is 13.4. The second-order valence-electron chi connectivity index (χ2n) is 5.45. The molecule has 2 heterocycles. The molecule has 0 saturated carbocycles. The summed E-state index contributed by atoms with van der Waals surface area (Å²) in [6, 6.07) is 4.05. The standard InChI is InChI=1S/C16H17BrFN3O2/c17-12-9-19-16(20-10-3-6-15(22)13(18)8-10)21-14(12)5-4-11-2-1-7-23-11/h3,6,8-9,11,22H,1-2,4-5,7H2,(H,19,20,21). The van der Waals surface area contributed by atoms with Gasteiger partial charge in [-0.2, -0.15) is 0 Å². The molecule has 0 amide bonds. The van der Waals surface area contributed by atoms with E-state index in [1.807, 2.05) is 0 Å². The lowest BCUT2D eigenvalue weighted by Gasteiger charge is -2.11. The molecule has 2 N–H and O–H groups in total. The van der Waals surface area contributed by atoms with Crippen molar-refractivity contribution in [2.45, 2.75) is 31.8 Å². The highest BCUT2D eigenvalue weighted by Crippen LogP contribution is 2.24. The number of hydrogen-bond acceptors (Lipinski definition) is 5. The minimum absolute atomic E-state index is 0.305. The average molecular weight is 382 g/mol. The smallest absolute Gasteiger partial charge is 0.227 e. The van der Waals surface area contributed by atoms with E-state index in [-0.39, 0.29) is 5.75 Å². The van der Waals surface area contributed by atoms with Crippen molar-refractivity contribution in [3.8, 4) is 5.75 Å². The van der Waals surface area contributed by atoms with Gasteiger partial charge in [-0.15, -0.1) is 0 Å². The second-order valence-corrected chi connectivity index (χ2v) is 6.31. The van der Waals surface area contributed by atoms with Crippen molar-refractivity contribution in [3.05, 3.63) is 40.4 Å². The minimum atomic E-state index is -0.689. The molecule has 1 aromatic heterocycles. The molecule has 1 saturated heterocycles. The quantitative estimate of drug-likeness (QED) is 0.767. The first kappa shape index (κ1) is 16.1. The Balaban J connectivity index is 1.69. The normalized spacial score (nSPS) is 17.4. The number of phenols is 1. The highest BCUT2D eigenvalue weighted by Gasteiger charge is 2.16. The number of aromatic nitrogens is 2. The third kappa shape index (κ3) is 4.17. The summed E-state index contributed by atoms with van der Waals surface area (Å²) in [6.45, 7) is 0.842. The van der Waals surface area contributed by atoms with Crippen molar-refractivity contribution in [1.82, 2.24) is 9.97 Å². The van der Waals surface area contributed by atoms with Gasteiger partial charge in [0.2, 0.25) is 5.95 Å². The lowest BCUT2D eigenvalue weighted by molar-refractivity contribution is 0.104. The van der Waals surface area contributed by atoms with Crippen LogP contribution in [0.5, 0.6) is 5.75 Å². The number of rotatable bonds is 5. The molecular formula is C16H17BrFN3O2. The lowest BCUT2D eigenvalue weighted by Crippen LogP contribution is -2.08. The van der Waals surface area contributed by atoms with Gasteiger partial charge in [-0.3, -0.25) is 0 Å². The predicted molar refractivity (Wildman–Crippen MR) is 88.4 cm³/mol. The molecular weight excluding hydrogens is 365 g/mol. The molecule has 1 fully saturated rings. The van der Waals surface area contributed by atoms with Crippen LogP contribution in [0.25, 0.3) is 0 Å². The average Bonchev–Trinajstić information content (AvgIpc) is 3.05. The molecule has 5 nitrogen and oxygen atoms in total. The van der Waals surface area contributed by atoms with Crippen molar-refractivity contribution in [2.75, 3.05) is 11.9 Å². The van der Waals surface area contributed by atoms with Crippen LogP contribution in [0.1, 0.15) is 25.0 Å². The Morgan fingerprint density at radius 3 is 3.04 bits per heavy atom. The number of phenolic OH excluding ortho intramolecular Hbond substituents is 1. The van der Waals surface area contributed by atoms with Gasteiger partial charge in [0, 0.05) is 24.6 Å². The molecule has 1 aliphatic heterocycles. The third-order valence-electron chi connectivity index (χ3n) is 3.75. The van der Waals surface area contributed by atoms with Gasteiger partial charge in [-0.25, -0.2) is 14.4 Å². The first-order valence-corrected chi connectivity index (χ1v) is 8.29. The monoisotopic (exact) mass is 381 g/mol. The lowest BCUT2D eigenvalue weighted by atomic mass is 10.1. The summed E-state index contributed by atoms with van der Waals surface area (Å²) in [6.07, 6.45) is 5.90. The van der Waals surface area contributed by atoms with Crippen LogP contribution in [0.2, 0.25) is 0 Å². The Morgan fingerprint density at radius 2 is 2.30 bits per heavy atom. The van der Waals surface area contributed by atoms with Gasteiger partial charge in [0.15, 0.2) is 11.6 Å². The Morgan fingerprint density at radius 1 is 1.43 bits per heavy atom. The van der Waals surface area contributed by atoms with E-state index in [0.717, 1.165) is 42.5 Å². The fourth-order valence-corrected chi connectivity index (χ4v) is 2.91. The molecule has 122 valence electrons. The largest absolute Gasteiger partial charge is 0.505 e. The van der Waals surface area contributed by atoms with E-state index in [2.05, 4.69) is 31.2 Å². The number of nitrogens with one attached hydrogen (secondary N) is 1. The predicted octanol–water partition coefficient (Wildman–Crippen LogP) is 3.94. The molecule has 1 aliphatic rings. The Bertz CT molecular complexity index is 693. The zero-order valence-corrected chi connectivity index (χ0v) is 14.0. The molecule has 0 aliphatic carbocycles. The number of nitrogens with zero attached hydrogens (tertiary/aromatic N) is 2. The molecule has 0 spiro atoms. The van der Waals surface area contributed by atoms with Gasteiger partial charge in [0.05, 0.1) is 16.3 Å². The summed E-state index contributed by atoms with van der Waals surface area (Å²) in [4.78, 5) is 8.65. The van der Waals surface area contributed by atoms with Crippen LogP contribution < -0.4 is 5.32 Å². The van der Waals surface area contributed by atoms with E-state index in [1.54, 1.807) is 12.3 Å². The fourth-order valence-electron chi connectivity index (χ4n) is 2.52. The minimum Gasteiger partial charge on any atom is -0.505 e. The summed E-state index contributed by atoms with van der Waals surface area (Å²) in [5, 5.41) is 12.2. The molecule has 3 rings (SSSR count). The summed E-state index contributed by atoms with van der Waals surface area (Å²) >= 11 is 3.46. The van der Waals surface area contributed by atoms with Crippen molar-refractivity contribution in [2.24, 2.45) is 0 Å². The molecule has 0 bridgehead atoms. The Kier molecular flexibility index (Phi) is 5.07. The number of ether oxygens (including phenoxy) is 1. The number of halogens is 2. The van der Waals surface area contributed by atoms with Gasteiger partial charge in [-0.05, 0) is 53.7 Å². The molecule has 23 heavy (non-hydrogen) atoms. The number of hydrogen-bond donors (Lipinski definition) is 2. The van der Waals surface area contributed by atoms with Gasteiger partial charge in [0.1, 0.15) is 0 Å². The highest BCUT2D eigenvalue weighted by atomic mass is 79.9. The van der Waals surface area contributed by atoms with Gasteiger partial charge in [0.25, 0.3) is 0 Å². The molecule has 7 heteroatoms. The van der Waals surface area contributed by atoms with Crippen LogP contribution >= 0.6 is 15.9 Å². The molecule has 1 atom stereocenters. The first-order chi connectivity index (χ1) is 11.1. The SMILES string of the molecule is Oc1ccc(Nc2ncc(Br)c(CCC3CCCO3)n2)cc1F. The van der Waals surface area contributed by atoms with Crippen LogP contribution in [0.15, 0.2) is 28.9 Å². The molecule has 2 aromatic rings. The zero-order valence-electron chi connectivity index (χ0n) is 12.4. The van der Waals surface area contributed by atoms with Crippen molar-refractivity contribution in [3.63, 3.8) is 0 Å². The van der Waals surface area contributed by atoms with E-state index in [0.29, 0.717) is 17.7 Å². The molecule has 0 radical (unpaired) electrons. The van der Waals surface area contributed by atoms with Crippen LogP contribution in [0, 0.1) is 5.82 Å². The zero-order chi connectivity index (χ0) is 16.2. The van der Waals surface area contributed by atoms with E-state index >= 15 is 0 Å². The maximum Gasteiger partial charge on any atom is 0.227 e. The number of aryl methyl sites for hydroxylation is 1. The summed E-state index contributed by atoms with van der Waals surface area (Å²) in [5.41, 5.74) is 1.37. The summed E-state index contributed by atoms with van der Waals surface area (Å²) in [7, 11) is 0. The Hall–Kier alpha value is -1.73. The second kappa shape index (κ2) is 7.23. The summed E-state index contributed by atoms with van der Waals surface area (Å²) in [5.74, 6) is -0.684. The van der Waals surface area contributed by atoms with Crippen LogP contribution in [0.4, 0.5) is 16.0 Å². The Labute approximate surface area is 142 Å². The van der Waals surface area contributed by atoms with Crippen LogP contribution in [-0.2, 0) is 11.2 Å². The van der Waals surface area contributed by atoms with Crippen molar-refractivity contribution in [1.29, 1.82) is 0 Å². The van der Waals surface area contributed by atoms with Crippen molar-refractivity contribution >= 4 is 27.6 Å². The maximum atomic E-state index is 13.4. The van der Waals surface area contributed by atoms with Gasteiger partial charge < -0.3 is 15.2 Å². The highest BCUT2D eigenvalue weighted by molar-refractivity contribution is 9.10. The van der Waals surface area contributed by atoms with E-state index in [4.69, 9.17) is 4.74 Å². The topological polar surface area (TPSA) is 67.3 Å². The first-order valence-electron chi connectivity index (χ1n) is 7.50. The number of benzene rings is 1. The van der Waals surface area contributed by atoms with Gasteiger partial charge in [-0.1, -0.05) is 0 Å². The summed E-state index contributed by atoms with van der Waals surface area (Å²) < 4.78 is 19.8. The van der Waals surface area contributed by atoms with E-state index in [9.17, 15) is 9.50 Å². The van der Waals surface area contributed by atoms with Crippen LogP contribution in [-0.4, -0.2) is 27.8 Å². The van der Waals surface area contributed by atoms with Crippen LogP contribution in [0.3, 0.4) is 0 Å². The number of aromatic hydroxyl groups is 1. The van der Waals surface area contributed by atoms with E-state index in [1.165, 1.54) is 12.1 Å². The number of anilines is 2. The third-order valence-corrected chi connectivity index (χ3v) is 4.41. The molecule has 1 aromatic carbocycles. The fraction of sp³-hybridized carbons (Fsp3) is 0.375. The van der Waals surface area contributed by atoms with Crippen molar-refractivity contribution < 1.29 is 14.2 Å². The van der Waals surface area contributed by atoms with E-state index < -0.39 is 5.82 Å².